The molecule has 4 N–H and O–H groups in total. The number of urea groups is 1. The lowest BCUT2D eigenvalue weighted by Crippen LogP contribution is -2.38. The molecule has 1 aromatic carbocycles. The molecule has 0 spiro atoms. The molecule has 1 fully saturated rings. The van der Waals surface area contributed by atoms with Crippen LogP contribution in [0.2, 0.25) is 5.02 Å². The average Bonchev–Trinajstić information content (AvgIpc) is 2.65. The molecule has 110 valence electrons. The fourth-order valence-electron chi connectivity index (χ4n) is 2.26. The van der Waals surface area contributed by atoms with Gasteiger partial charge < -0.3 is 21.1 Å². The van der Waals surface area contributed by atoms with Gasteiger partial charge in [0.05, 0.1) is 17.7 Å². The summed E-state index contributed by atoms with van der Waals surface area (Å²) in [6.07, 6.45) is -0.269. The maximum absolute atomic E-state index is 13.2. The largest absolute Gasteiger partial charge is 0.372 e. The predicted octanol–water partition coefficient (Wildman–Crippen LogP) is 1.42. The van der Waals surface area contributed by atoms with Gasteiger partial charge in [-0.25, -0.2) is 9.18 Å². The number of nitrogens with two attached hydrogens (primary N) is 1. The molecule has 20 heavy (non-hydrogen) atoms. The van der Waals surface area contributed by atoms with Gasteiger partial charge in [0.2, 0.25) is 0 Å². The third-order valence-electron chi connectivity index (χ3n) is 3.22. The Morgan fingerprint density at radius 1 is 1.60 bits per heavy atom. The van der Waals surface area contributed by atoms with Crippen LogP contribution in [0.5, 0.6) is 0 Å². The number of rotatable bonds is 3. The summed E-state index contributed by atoms with van der Waals surface area (Å²) in [5.74, 6) is -0.472. The highest BCUT2D eigenvalue weighted by Crippen LogP contribution is 2.29. The van der Waals surface area contributed by atoms with E-state index in [0.717, 1.165) is 12.1 Å². The minimum absolute atomic E-state index is 0.00784. The van der Waals surface area contributed by atoms with E-state index >= 15 is 0 Å². The van der Waals surface area contributed by atoms with E-state index in [9.17, 15) is 9.18 Å². The van der Waals surface area contributed by atoms with Crippen LogP contribution in [-0.4, -0.2) is 32.3 Å². The number of halogens is 2. The highest BCUT2D eigenvalue weighted by atomic mass is 35.5. The molecular formula is C13H17ClFN3O2. The Labute approximate surface area is 121 Å². The van der Waals surface area contributed by atoms with Gasteiger partial charge in [-0.1, -0.05) is 17.7 Å². The van der Waals surface area contributed by atoms with Crippen molar-refractivity contribution in [3.8, 4) is 0 Å². The fourth-order valence-corrected chi connectivity index (χ4v) is 2.45. The average molecular weight is 302 g/mol. The number of benzene rings is 1. The van der Waals surface area contributed by atoms with Crippen molar-refractivity contribution < 1.29 is 13.9 Å². The maximum atomic E-state index is 13.2. The Morgan fingerprint density at radius 3 is 3.10 bits per heavy atom. The molecule has 2 atom stereocenters. The molecule has 0 aromatic heterocycles. The van der Waals surface area contributed by atoms with Crippen LogP contribution in [0.15, 0.2) is 18.2 Å². The zero-order valence-electron chi connectivity index (χ0n) is 10.9. The van der Waals surface area contributed by atoms with Crippen molar-refractivity contribution in [3.05, 3.63) is 34.6 Å². The third-order valence-corrected chi connectivity index (χ3v) is 3.51. The topological polar surface area (TPSA) is 76.4 Å². The van der Waals surface area contributed by atoms with E-state index in [1.807, 2.05) is 0 Å². The van der Waals surface area contributed by atoms with E-state index < -0.39 is 11.8 Å². The van der Waals surface area contributed by atoms with Gasteiger partial charge in [0.25, 0.3) is 0 Å². The first-order valence-electron chi connectivity index (χ1n) is 6.38. The number of ether oxygens (including phenoxy) is 1. The molecule has 7 heteroatoms. The normalized spacial score (nSPS) is 23.1. The van der Waals surface area contributed by atoms with Crippen LogP contribution in [0.1, 0.15) is 11.7 Å². The third kappa shape index (κ3) is 3.82. The minimum atomic E-state index is -0.579. The minimum Gasteiger partial charge on any atom is -0.372 e. The van der Waals surface area contributed by atoms with Crippen molar-refractivity contribution in [1.29, 1.82) is 0 Å². The molecule has 0 radical (unpaired) electrons. The quantitative estimate of drug-likeness (QED) is 0.790. The van der Waals surface area contributed by atoms with Crippen LogP contribution in [0.3, 0.4) is 0 Å². The standard InChI is InChI=1S/C13H17ClFN3O2/c14-10-5-8(1-2-11(10)15)12-9(7-18-13(16)19)6-17-3-4-20-12/h1-2,5,9,12,17H,3-4,6-7H2,(H3,16,18,19). The number of primary amides is 1. The molecule has 1 aliphatic heterocycles. The number of carbonyl (C=O) groups excluding carboxylic acids is 1. The lowest BCUT2D eigenvalue weighted by atomic mass is 9.95. The van der Waals surface area contributed by atoms with Gasteiger partial charge in [-0.2, -0.15) is 0 Å². The Bertz CT molecular complexity index is 487. The summed E-state index contributed by atoms with van der Waals surface area (Å²) < 4.78 is 19.0. The smallest absolute Gasteiger partial charge is 0.312 e. The summed E-state index contributed by atoms with van der Waals surface area (Å²) in [5, 5.41) is 5.86. The number of hydrogen-bond donors (Lipinski definition) is 3. The van der Waals surface area contributed by atoms with Crippen molar-refractivity contribution in [2.75, 3.05) is 26.2 Å². The summed E-state index contributed by atoms with van der Waals surface area (Å²) in [6, 6.07) is 3.95. The van der Waals surface area contributed by atoms with Gasteiger partial charge in [0.15, 0.2) is 0 Å². The molecule has 5 nitrogen and oxygen atoms in total. The Hall–Kier alpha value is -1.37. The van der Waals surface area contributed by atoms with Crippen molar-refractivity contribution in [1.82, 2.24) is 10.6 Å². The van der Waals surface area contributed by atoms with Crippen LogP contribution in [-0.2, 0) is 4.74 Å². The summed E-state index contributed by atoms with van der Waals surface area (Å²) in [6.45, 7) is 2.30. The highest BCUT2D eigenvalue weighted by molar-refractivity contribution is 6.30. The summed E-state index contributed by atoms with van der Waals surface area (Å²) in [5.41, 5.74) is 5.88. The van der Waals surface area contributed by atoms with Crippen LogP contribution in [0.4, 0.5) is 9.18 Å². The zero-order valence-corrected chi connectivity index (χ0v) is 11.6. The van der Waals surface area contributed by atoms with E-state index in [-0.39, 0.29) is 17.0 Å². The summed E-state index contributed by atoms with van der Waals surface area (Å²) in [4.78, 5) is 10.8. The number of nitrogens with one attached hydrogen (secondary N) is 2. The van der Waals surface area contributed by atoms with Crippen molar-refractivity contribution in [2.24, 2.45) is 11.7 Å². The van der Waals surface area contributed by atoms with Crippen LogP contribution in [0.25, 0.3) is 0 Å². The SMILES string of the molecule is NC(=O)NCC1CNCCOC1c1ccc(F)c(Cl)c1. The second-order valence-electron chi connectivity index (χ2n) is 4.67. The van der Waals surface area contributed by atoms with Gasteiger partial charge in [-0.05, 0) is 17.7 Å². The van der Waals surface area contributed by atoms with Gasteiger partial charge in [-0.15, -0.1) is 0 Å². The molecule has 1 heterocycles. The monoisotopic (exact) mass is 301 g/mol. The first-order chi connectivity index (χ1) is 9.58. The predicted molar refractivity (Wildman–Crippen MR) is 74.0 cm³/mol. The Kier molecular flexibility index (Phi) is 5.17. The Morgan fingerprint density at radius 2 is 2.40 bits per heavy atom. The highest BCUT2D eigenvalue weighted by Gasteiger charge is 2.26. The van der Waals surface area contributed by atoms with Gasteiger partial charge in [0.1, 0.15) is 5.82 Å². The van der Waals surface area contributed by atoms with Crippen molar-refractivity contribution in [3.63, 3.8) is 0 Å². The van der Waals surface area contributed by atoms with Gasteiger partial charge >= 0.3 is 6.03 Å². The number of carbonyl (C=O) groups is 1. The molecule has 0 saturated carbocycles. The fraction of sp³-hybridized carbons (Fsp3) is 0.462. The molecule has 2 rings (SSSR count). The first kappa shape index (κ1) is 15.0. The second kappa shape index (κ2) is 6.88. The first-order valence-corrected chi connectivity index (χ1v) is 6.76. The molecule has 1 aliphatic rings. The van der Waals surface area contributed by atoms with E-state index in [2.05, 4.69) is 10.6 Å². The number of hydrogen-bond acceptors (Lipinski definition) is 3. The molecule has 1 saturated heterocycles. The molecule has 1 aromatic rings. The molecular weight excluding hydrogens is 285 g/mol. The van der Waals surface area contributed by atoms with Gasteiger partial charge in [0, 0.05) is 25.6 Å². The molecule has 0 bridgehead atoms. The van der Waals surface area contributed by atoms with Crippen LogP contribution >= 0.6 is 11.6 Å². The lowest BCUT2D eigenvalue weighted by molar-refractivity contribution is 0.0315. The maximum Gasteiger partial charge on any atom is 0.312 e. The summed E-state index contributed by atoms with van der Waals surface area (Å²) >= 11 is 5.81. The Balaban J connectivity index is 2.18. The number of amides is 2. The van der Waals surface area contributed by atoms with Crippen LogP contribution in [0, 0.1) is 11.7 Å². The van der Waals surface area contributed by atoms with Crippen LogP contribution < -0.4 is 16.4 Å². The van der Waals surface area contributed by atoms with E-state index in [0.29, 0.717) is 19.7 Å². The second-order valence-corrected chi connectivity index (χ2v) is 5.08. The van der Waals surface area contributed by atoms with E-state index in [1.165, 1.54) is 6.07 Å². The van der Waals surface area contributed by atoms with Crippen molar-refractivity contribution in [2.45, 2.75) is 6.10 Å². The zero-order chi connectivity index (χ0) is 14.5. The van der Waals surface area contributed by atoms with Crippen molar-refractivity contribution >= 4 is 17.6 Å². The molecule has 2 unspecified atom stereocenters. The van der Waals surface area contributed by atoms with Gasteiger partial charge in [-0.3, -0.25) is 0 Å². The van der Waals surface area contributed by atoms with E-state index in [1.54, 1.807) is 12.1 Å². The summed E-state index contributed by atoms with van der Waals surface area (Å²) in [7, 11) is 0. The lowest BCUT2D eigenvalue weighted by Gasteiger charge is -2.25. The van der Waals surface area contributed by atoms with E-state index in [4.69, 9.17) is 22.1 Å². The molecule has 2 amide bonds. The molecule has 0 aliphatic carbocycles.